The summed E-state index contributed by atoms with van der Waals surface area (Å²) in [4.78, 5) is 28.4. The van der Waals surface area contributed by atoms with Gasteiger partial charge < -0.3 is 30.7 Å². The lowest BCUT2D eigenvalue weighted by atomic mass is 9.89. The predicted molar refractivity (Wildman–Crippen MR) is 135 cm³/mol. The number of fused-ring (bicyclic) bond motifs is 4. The summed E-state index contributed by atoms with van der Waals surface area (Å²) in [5.74, 6) is -0.0652. The summed E-state index contributed by atoms with van der Waals surface area (Å²) in [6.45, 7) is 1.35. The number of rotatable bonds is 6. The van der Waals surface area contributed by atoms with Gasteiger partial charge in [-0.05, 0) is 48.4 Å². The van der Waals surface area contributed by atoms with Gasteiger partial charge >= 0.3 is 6.03 Å². The molecule has 3 aliphatic heterocycles. The second kappa shape index (κ2) is 10.5. The second-order valence-electron chi connectivity index (χ2n) is 9.32. The molecule has 2 saturated heterocycles. The van der Waals surface area contributed by atoms with Gasteiger partial charge in [-0.3, -0.25) is 4.79 Å². The van der Waals surface area contributed by atoms with Gasteiger partial charge in [-0.2, -0.15) is 0 Å². The Morgan fingerprint density at radius 1 is 1.20 bits per heavy atom. The SMILES string of the molecule is CSc1ccccc1[C@H]1CCCN1C(=O)CNC(=O)NCc1ccc2c(c1)[C@H]1C[C@@H](N2)[C@H](O)CO1. The number of urea groups is 1. The Morgan fingerprint density at radius 3 is 2.91 bits per heavy atom. The number of aliphatic hydroxyl groups is 1. The van der Waals surface area contributed by atoms with Crippen LogP contribution in [0.1, 0.15) is 48.1 Å². The van der Waals surface area contributed by atoms with Crippen molar-refractivity contribution < 1.29 is 19.4 Å². The van der Waals surface area contributed by atoms with Crippen molar-refractivity contribution in [3.63, 3.8) is 0 Å². The highest BCUT2D eigenvalue weighted by molar-refractivity contribution is 7.98. The van der Waals surface area contributed by atoms with Crippen LogP contribution in [0.3, 0.4) is 0 Å². The largest absolute Gasteiger partial charge is 0.389 e. The summed E-state index contributed by atoms with van der Waals surface area (Å²) in [5, 5.41) is 19.0. The highest BCUT2D eigenvalue weighted by Crippen LogP contribution is 2.39. The van der Waals surface area contributed by atoms with Gasteiger partial charge in [-0.25, -0.2) is 4.79 Å². The highest BCUT2D eigenvalue weighted by Gasteiger charge is 2.36. The highest BCUT2D eigenvalue weighted by atomic mass is 32.2. The number of thioether (sulfide) groups is 1. The molecule has 2 aromatic carbocycles. The maximum absolute atomic E-state index is 12.9. The van der Waals surface area contributed by atoms with Crippen LogP contribution in [0.25, 0.3) is 0 Å². The number of carbonyl (C=O) groups excluding carboxylic acids is 2. The monoisotopic (exact) mass is 496 g/mol. The lowest BCUT2D eigenvalue weighted by molar-refractivity contribution is -0.131. The van der Waals surface area contributed by atoms with Crippen LogP contribution in [-0.4, -0.2) is 60.0 Å². The molecule has 0 saturated carbocycles. The maximum atomic E-state index is 12.9. The quantitative estimate of drug-likeness (QED) is 0.458. The fourth-order valence-corrected chi connectivity index (χ4v) is 5.97. The number of hydrogen-bond acceptors (Lipinski definition) is 6. The molecule has 0 aliphatic carbocycles. The molecule has 8 nitrogen and oxygen atoms in total. The minimum absolute atomic E-state index is 0.0120. The van der Waals surface area contributed by atoms with Crippen molar-refractivity contribution in [3.8, 4) is 0 Å². The Hall–Kier alpha value is -2.75. The van der Waals surface area contributed by atoms with E-state index in [-0.39, 0.29) is 36.7 Å². The first-order chi connectivity index (χ1) is 17.0. The van der Waals surface area contributed by atoms with Gasteiger partial charge in [0.15, 0.2) is 0 Å². The van der Waals surface area contributed by atoms with Gasteiger partial charge in [-0.15, -0.1) is 11.8 Å². The van der Waals surface area contributed by atoms with Gasteiger partial charge in [0.25, 0.3) is 0 Å². The molecule has 0 radical (unpaired) electrons. The van der Waals surface area contributed by atoms with E-state index in [9.17, 15) is 14.7 Å². The van der Waals surface area contributed by atoms with Crippen molar-refractivity contribution in [3.05, 3.63) is 59.2 Å². The number of ether oxygens (including phenoxy) is 1. The van der Waals surface area contributed by atoms with Crippen LogP contribution >= 0.6 is 11.8 Å². The first kappa shape index (κ1) is 24.0. The molecular weight excluding hydrogens is 464 g/mol. The molecule has 3 aliphatic rings. The van der Waals surface area contributed by atoms with Crippen molar-refractivity contribution >= 4 is 29.4 Å². The molecule has 186 valence electrons. The van der Waals surface area contributed by atoms with Gasteiger partial charge in [-0.1, -0.05) is 24.3 Å². The van der Waals surface area contributed by atoms with Crippen molar-refractivity contribution in [1.82, 2.24) is 15.5 Å². The van der Waals surface area contributed by atoms with Gasteiger partial charge in [0, 0.05) is 35.7 Å². The Balaban J connectivity index is 1.14. The fraction of sp³-hybridized carbons (Fsp3) is 0.462. The number of carbonyl (C=O) groups is 2. The van der Waals surface area contributed by atoms with E-state index >= 15 is 0 Å². The number of likely N-dealkylation sites (tertiary alicyclic amines) is 1. The normalized spacial score (nSPS) is 24.9. The molecule has 35 heavy (non-hydrogen) atoms. The van der Waals surface area contributed by atoms with E-state index in [2.05, 4.69) is 28.1 Å². The number of nitrogens with zero attached hydrogens (tertiary/aromatic N) is 1. The smallest absolute Gasteiger partial charge is 0.315 e. The first-order valence-corrected chi connectivity index (χ1v) is 13.4. The lowest BCUT2D eigenvalue weighted by Crippen LogP contribution is -2.46. The van der Waals surface area contributed by atoms with E-state index in [1.807, 2.05) is 41.5 Å². The Bertz CT molecular complexity index is 1100. The van der Waals surface area contributed by atoms with Gasteiger partial charge in [0.05, 0.1) is 37.4 Å². The van der Waals surface area contributed by atoms with Crippen molar-refractivity contribution in [2.24, 2.45) is 0 Å². The maximum Gasteiger partial charge on any atom is 0.315 e. The molecule has 2 bridgehead atoms. The number of benzene rings is 2. The van der Waals surface area contributed by atoms with E-state index in [4.69, 9.17) is 4.74 Å². The molecule has 4 atom stereocenters. The zero-order valence-corrected chi connectivity index (χ0v) is 20.6. The lowest BCUT2D eigenvalue weighted by Gasteiger charge is -2.40. The molecule has 9 heteroatoms. The second-order valence-corrected chi connectivity index (χ2v) is 10.2. The van der Waals surface area contributed by atoms with Crippen LogP contribution < -0.4 is 16.0 Å². The molecule has 5 rings (SSSR count). The molecule has 2 aromatic rings. The van der Waals surface area contributed by atoms with E-state index in [1.165, 1.54) is 10.5 Å². The Morgan fingerprint density at radius 2 is 2.06 bits per heavy atom. The van der Waals surface area contributed by atoms with Crippen molar-refractivity contribution in [1.29, 1.82) is 0 Å². The summed E-state index contributed by atoms with van der Waals surface area (Å²) in [6, 6.07) is 13.9. The number of nitrogens with one attached hydrogen (secondary N) is 3. The number of aliphatic hydroxyl groups excluding tert-OH is 1. The summed E-state index contributed by atoms with van der Waals surface area (Å²) >= 11 is 1.69. The predicted octanol–water partition coefficient (Wildman–Crippen LogP) is 3.19. The Labute approximate surface area is 209 Å². The summed E-state index contributed by atoms with van der Waals surface area (Å²) < 4.78 is 5.80. The molecular formula is C26H32N4O4S. The van der Waals surface area contributed by atoms with Gasteiger partial charge in [0.1, 0.15) is 0 Å². The van der Waals surface area contributed by atoms with Gasteiger partial charge in [0.2, 0.25) is 5.91 Å². The molecule has 0 aromatic heterocycles. The minimum atomic E-state index is -0.497. The average molecular weight is 497 g/mol. The molecule has 0 spiro atoms. The van der Waals surface area contributed by atoms with Crippen molar-refractivity contribution in [2.75, 3.05) is 31.3 Å². The van der Waals surface area contributed by atoms with Crippen molar-refractivity contribution in [2.45, 2.75) is 55.0 Å². The van der Waals surface area contributed by atoms with Crippen LogP contribution in [0.15, 0.2) is 47.4 Å². The van der Waals surface area contributed by atoms with E-state index in [0.29, 0.717) is 19.7 Å². The van der Waals surface area contributed by atoms with Crippen LogP contribution in [-0.2, 0) is 16.1 Å². The standard InChI is InChI=1S/C26H32N4O4S/c1-35-24-7-3-2-5-17(24)21-6-4-10-30(21)25(32)14-28-26(33)27-13-16-8-9-19-18(11-16)23-12-20(29-19)22(31)15-34-23/h2-3,5,7-9,11,20-23,29,31H,4,6,10,12-15H2,1H3,(H2,27,28,33)/t20-,21-,22-,23-/m1/s1. The minimum Gasteiger partial charge on any atom is -0.389 e. The molecule has 3 heterocycles. The van der Waals surface area contributed by atoms with E-state index < -0.39 is 6.10 Å². The van der Waals surface area contributed by atoms with E-state index in [0.717, 1.165) is 36.1 Å². The zero-order valence-electron chi connectivity index (χ0n) is 19.8. The molecule has 2 fully saturated rings. The van der Waals surface area contributed by atoms with E-state index in [1.54, 1.807) is 11.8 Å². The molecule has 3 amide bonds. The number of amides is 3. The third kappa shape index (κ3) is 5.12. The Kier molecular flexibility index (Phi) is 7.17. The first-order valence-electron chi connectivity index (χ1n) is 12.2. The summed E-state index contributed by atoms with van der Waals surface area (Å²) in [7, 11) is 0. The van der Waals surface area contributed by atoms with Crippen LogP contribution in [0.5, 0.6) is 0 Å². The third-order valence-corrected chi connectivity index (χ3v) is 7.94. The number of hydrogen-bond donors (Lipinski definition) is 4. The zero-order chi connectivity index (χ0) is 24.4. The third-order valence-electron chi connectivity index (χ3n) is 7.13. The topological polar surface area (TPSA) is 103 Å². The van der Waals surface area contributed by atoms with Crippen LogP contribution in [0, 0.1) is 0 Å². The summed E-state index contributed by atoms with van der Waals surface area (Å²) in [5.41, 5.74) is 4.15. The average Bonchev–Trinajstić information content (AvgIpc) is 3.38. The van der Waals surface area contributed by atoms with Crippen LogP contribution in [0.4, 0.5) is 10.5 Å². The summed E-state index contributed by atoms with van der Waals surface area (Å²) in [6.07, 6.45) is 4.13. The number of anilines is 1. The van der Waals surface area contributed by atoms with Crippen LogP contribution in [0.2, 0.25) is 0 Å². The molecule has 4 N–H and O–H groups in total. The fourth-order valence-electron chi connectivity index (χ4n) is 5.31. The molecule has 0 unspecified atom stereocenters.